The number of anilines is 1. The Balaban J connectivity index is 1.96. The highest BCUT2D eigenvalue weighted by molar-refractivity contribution is 6.32. The molecule has 0 spiro atoms. The molecule has 0 bridgehead atoms. The number of benzene rings is 1. The summed E-state index contributed by atoms with van der Waals surface area (Å²) in [7, 11) is 0. The van der Waals surface area contributed by atoms with E-state index in [9.17, 15) is 8.78 Å². The van der Waals surface area contributed by atoms with Gasteiger partial charge in [0.05, 0.1) is 6.20 Å². The number of hydrogen-bond acceptors (Lipinski definition) is 4. The first kappa shape index (κ1) is 14.5. The summed E-state index contributed by atoms with van der Waals surface area (Å²) < 4.78 is 29.1. The van der Waals surface area contributed by atoms with Gasteiger partial charge in [-0.25, -0.2) is 18.7 Å². The molecule has 0 atom stereocenters. The first-order valence-corrected chi connectivity index (χ1v) is 6.22. The van der Waals surface area contributed by atoms with Gasteiger partial charge in [-0.05, 0) is 17.7 Å². The van der Waals surface area contributed by atoms with Crippen molar-refractivity contribution in [2.75, 3.05) is 11.9 Å². The van der Waals surface area contributed by atoms with Gasteiger partial charge < -0.3 is 10.1 Å². The van der Waals surface area contributed by atoms with Gasteiger partial charge >= 0.3 is 0 Å². The van der Waals surface area contributed by atoms with E-state index in [2.05, 4.69) is 15.3 Å². The highest BCUT2D eigenvalue weighted by Gasteiger charge is 2.05. The summed E-state index contributed by atoms with van der Waals surface area (Å²) in [5, 5.41) is 3.45. The monoisotopic (exact) mass is 299 g/mol. The lowest BCUT2D eigenvalue weighted by molar-refractivity contribution is 0.0818. The van der Waals surface area contributed by atoms with Gasteiger partial charge in [0.2, 0.25) is 0 Å². The largest absolute Gasteiger partial charge is 0.488 e. The molecule has 0 aliphatic rings. The van der Waals surface area contributed by atoms with Crippen LogP contribution in [0.2, 0.25) is 5.02 Å². The number of rotatable bonds is 6. The maximum atomic E-state index is 12.1. The lowest BCUT2D eigenvalue weighted by Crippen LogP contribution is -2.07. The van der Waals surface area contributed by atoms with Gasteiger partial charge in [0, 0.05) is 6.54 Å². The van der Waals surface area contributed by atoms with Gasteiger partial charge in [0.15, 0.2) is 0 Å². The molecule has 106 valence electrons. The first-order valence-electron chi connectivity index (χ1n) is 5.84. The average molecular weight is 300 g/mol. The molecule has 0 unspecified atom stereocenters. The van der Waals surface area contributed by atoms with Crippen molar-refractivity contribution in [1.29, 1.82) is 0 Å². The van der Waals surface area contributed by atoms with Crippen LogP contribution in [0.4, 0.5) is 14.6 Å². The average Bonchev–Trinajstić information content (AvgIpc) is 2.45. The number of nitrogens with one attached hydrogen (secondary N) is 1. The molecule has 2 rings (SSSR count). The summed E-state index contributed by atoms with van der Waals surface area (Å²) in [6, 6.07) is 6.89. The van der Waals surface area contributed by atoms with Crippen LogP contribution in [0.5, 0.6) is 5.75 Å². The minimum absolute atomic E-state index is 0.401. The highest BCUT2D eigenvalue weighted by atomic mass is 35.5. The Hall–Kier alpha value is -1.95. The fourth-order valence-corrected chi connectivity index (χ4v) is 1.70. The third-order valence-electron chi connectivity index (χ3n) is 2.40. The number of nitrogens with zero attached hydrogens (tertiary/aromatic N) is 2. The second-order valence-corrected chi connectivity index (χ2v) is 4.33. The molecule has 0 saturated heterocycles. The summed E-state index contributed by atoms with van der Waals surface area (Å²) in [5.74, 6) is 0.916. The Morgan fingerprint density at radius 2 is 2.20 bits per heavy atom. The van der Waals surface area contributed by atoms with Crippen LogP contribution in [0.15, 0.2) is 36.8 Å². The van der Waals surface area contributed by atoms with E-state index in [0.29, 0.717) is 23.1 Å². The Labute approximate surface area is 119 Å². The molecule has 0 aliphatic carbocycles. The van der Waals surface area contributed by atoms with Crippen molar-refractivity contribution in [3.63, 3.8) is 0 Å². The molecule has 2 aromatic rings. The molecular formula is C13H12ClF2N3O. The van der Waals surface area contributed by atoms with E-state index < -0.39 is 13.0 Å². The van der Waals surface area contributed by atoms with Crippen LogP contribution in [0.3, 0.4) is 0 Å². The van der Waals surface area contributed by atoms with Crippen molar-refractivity contribution in [3.05, 3.63) is 47.4 Å². The van der Waals surface area contributed by atoms with E-state index in [0.717, 1.165) is 5.56 Å². The third kappa shape index (κ3) is 4.31. The molecule has 20 heavy (non-hydrogen) atoms. The van der Waals surface area contributed by atoms with Crippen LogP contribution >= 0.6 is 11.6 Å². The van der Waals surface area contributed by atoms with E-state index >= 15 is 0 Å². The van der Waals surface area contributed by atoms with Crippen LogP contribution < -0.4 is 10.1 Å². The van der Waals surface area contributed by atoms with Crippen LogP contribution in [0, 0.1) is 0 Å². The second kappa shape index (κ2) is 7.00. The maximum absolute atomic E-state index is 12.1. The summed E-state index contributed by atoms with van der Waals surface area (Å²) in [6.07, 6.45) is 0.381. The first-order chi connectivity index (χ1) is 9.65. The third-order valence-corrected chi connectivity index (χ3v) is 2.68. The Morgan fingerprint density at radius 1 is 1.35 bits per heavy atom. The van der Waals surface area contributed by atoms with Crippen molar-refractivity contribution in [2.24, 2.45) is 0 Å². The van der Waals surface area contributed by atoms with Crippen LogP contribution in [0.1, 0.15) is 5.56 Å². The minimum atomic E-state index is -2.49. The second-order valence-electron chi connectivity index (χ2n) is 3.92. The summed E-state index contributed by atoms with van der Waals surface area (Å²) >= 11 is 5.91. The van der Waals surface area contributed by atoms with Gasteiger partial charge in [-0.2, -0.15) is 0 Å². The lowest BCUT2D eigenvalue weighted by Gasteiger charge is -2.09. The van der Waals surface area contributed by atoms with E-state index in [-0.39, 0.29) is 0 Å². The maximum Gasteiger partial charge on any atom is 0.272 e. The molecule has 0 amide bonds. The molecule has 0 saturated carbocycles. The zero-order valence-electron chi connectivity index (χ0n) is 10.4. The molecule has 0 fully saturated rings. The lowest BCUT2D eigenvalue weighted by atomic mass is 10.2. The SMILES string of the molecule is FC(F)COc1cccc(CNc2ncncc2Cl)c1. The zero-order valence-corrected chi connectivity index (χ0v) is 11.1. The van der Waals surface area contributed by atoms with Gasteiger partial charge in [-0.3, -0.25) is 0 Å². The minimum Gasteiger partial charge on any atom is -0.488 e. The summed E-state index contributed by atoms with van der Waals surface area (Å²) in [6.45, 7) is -0.169. The highest BCUT2D eigenvalue weighted by Crippen LogP contribution is 2.19. The molecule has 0 aliphatic heterocycles. The van der Waals surface area contributed by atoms with Gasteiger partial charge in [-0.15, -0.1) is 0 Å². The summed E-state index contributed by atoms with van der Waals surface area (Å²) in [4.78, 5) is 7.77. The number of halogens is 3. The predicted octanol–water partition coefficient (Wildman–Crippen LogP) is 3.39. The van der Waals surface area contributed by atoms with Crippen LogP contribution in [-0.2, 0) is 6.54 Å². The van der Waals surface area contributed by atoms with Crippen molar-refractivity contribution in [1.82, 2.24) is 9.97 Å². The van der Waals surface area contributed by atoms with Gasteiger partial charge in [0.25, 0.3) is 6.43 Å². The van der Waals surface area contributed by atoms with Crippen molar-refractivity contribution >= 4 is 17.4 Å². The van der Waals surface area contributed by atoms with E-state index in [1.807, 2.05) is 6.07 Å². The molecule has 7 heteroatoms. The molecule has 1 aromatic carbocycles. The molecule has 1 aromatic heterocycles. The smallest absolute Gasteiger partial charge is 0.272 e. The number of aromatic nitrogens is 2. The fraction of sp³-hybridized carbons (Fsp3) is 0.231. The van der Waals surface area contributed by atoms with Crippen molar-refractivity contribution in [3.8, 4) is 5.75 Å². The van der Waals surface area contributed by atoms with E-state index in [1.165, 1.54) is 12.5 Å². The standard InChI is InChI=1S/C13H12ClF2N3O/c14-11-6-17-8-19-13(11)18-5-9-2-1-3-10(4-9)20-7-12(15)16/h1-4,6,8,12H,5,7H2,(H,17,18,19). The molecule has 4 nitrogen and oxygen atoms in total. The van der Waals surface area contributed by atoms with E-state index in [1.54, 1.807) is 18.2 Å². The normalized spacial score (nSPS) is 10.6. The molecule has 1 N–H and O–H groups in total. The van der Waals surface area contributed by atoms with E-state index in [4.69, 9.17) is 16.3 Å². The number of ether oxygens (including phenoxy) is 1. The number of alkyl halides is 2. The molecule has 1 heterocycles. The van der Waals surface area contributed by atoms with Crippen molar-refractivity contribution in [2.45, 2.75) is 13.0 Å². The Bertz CT molecular complexity index is 569. The topological polar surface area (TPSA) is 47.0 Å². The van der Waals surface area contributed by atoms with Gasteiger partial charge in [0.1, 0.15) is 29.5 Å². The van der Waals surface area contributed by atoms with Crippen molar-refractivity contribution < 1.29 is 13.5 Å². The Morgan fingerprint density at radius 3 is 2.95 bits per heavy atom. The number of hydrogen-bond donors (Lipinski definition) is 1. The quantitative estimate of drug-likeness (QED) is 0.888. The van der Waals surface area contributed by atoms with Crippen LogP contribution in [0.25, 0.3) is 0 Å². The predicted molar refractivity (Wildman–Crippen MR) is 72.3 cm³/mol. The van der Waals surface area contributed by atoms with Gasteiger partial charge in [-0.1, -0.05) is 23.7 Å². The zero-order chi connectivity index (χ0) is 14.4. The Kier molecular flexibility index (Phi) is 5.06. The fourth-order valence-electron chi connectivity index (χ4n) is 1.53. The van der Waals surface area contributed by atoms with Crippen LogP contribution in [-0.4, -0.2) is 23.0 Å². The molecule has 0 radical (unpaired) electrons. The summed E-state index contributed by atoms with van der Waals surface area (Å²) in [5.41, 5.74) is 0.867. The molecular weight excluding hydrogens is 288 g/mol.